The minimum Gasteiger partial charge on any atom is -0.301 e. The molecule has 0 aliphatic heterocycles. The minimum absolute atomic E-state index is 1.69. The van der Waals surface area contributed by atoms with E-state index in [-0.39, 0.29) is 0 Å². The number of alkyl halides is 9. The predicted octanol–water partition coefficient (Wildman–Crippen LogP) is 3.12. The first kappa shape index (κ1) is 18.2. The molecule has 0 heterocycles. The highest BCUT2D eigenvalue weighted by molar-refractivity contribution is 7.80. The van der Waals surface area contributed by atoms with E-state index in [1.165, 1.54) is 0 Å². The Labute approximate surface area is 101 Å². The summed E-state index contributed by atoms with van der Waals surface area (Å²) in [7, 11) is 0. The molecule has 0 fully saturated rings. The van der Waals surface area contributed by atoms with Crippen LogP contribution in [0.25, 0.3) is 0 Å². The zero-order chi connectivity index (χ0) is 15.9. The summed E-state index contributed by atoms with van der Waals surface area (Å²) in [5.41, 5.74) is -3.18. The topological polar surface area (TPSA) is 46.5 Å². The van der Waals surface area contributed by atoms with E-state index in [9.17, 15) is 43.7 Å². The highest BCUT2D eigenvalue weighted by atomic mass is 32.2. The highest BCUT2D eigenvalue weighted by Gasteiger charge is 2.68. The van der Waals surface area contributed by atoms with Crippen LogP contribution in [0, 0.1) is 0 Å². The van der Waals surface area contributed by atoms with E-state index in [4.69, 9.17) is 4.55 Å². The van der Waals surface area contributed by atoms with Gasteiger partial charge in [0.25, 0.3) is 0 Å². The van der Waals surface area contributed by atoms with E-state index >= 15 is 0 Å². The van der Waals surface area contributed by atoms with Crippen LogP contribution < -0.4 is 0 Å². The van der Waals surface area contributed by atoms with Crippen molar-refractivity contribution in [3.63, 3.8) is 0 Å². The van der Waals surface area contributed by atoms with E-state index in [1.54, 1.807) is 6.58 Å². The van der Waals surface area contributed by atoms with E-state index in [2.05, 4.69) is 4.74 Å². The van der Waals surface area contributed by atoms with Crippen LogP contribution in [0.15, 0.2) is 12.2 Å². The molecular weight excluding hydrogens is 323 g/mol. The number of ether oxygens (including phenoxy) is 1. The second-order valence-corrected chi connectivity index (χ2v) is 3.89. The maximum absolute atomic E-state index is 12.6. The van der Waals surface area contributed by atoms with Crippen LogP contribution in [0.5, 0.6) is 0 Å². The van der Waals surface area contributed by atoms with Crippen LogP contribution >= 0.6 is 0 Å². The van der Waals surface area contributed by atoms with Crippen molar-refractivity contribution in [3.05, 3.63) is 12.2 Å². The summed E-state index contributed by atoms with van der Waals surface area (Å²) in [4.78, 5) is 0. The average Bonchev–Trinajstić information content (AvgIpc) is 2.12. The van der Waals surface area contributed by atoms with Gasteiger partial charge in [0, 0.05) is 0 Å². The number of rotatable bonds is 5. The fraction of sp³-hybridized carbons (Fsp3) is 0.667. The molecule has 0 saturated carbocycles. The summed E-state index contributed by atoms with van der Waals surface area (Å²) >= 11 is -4.67. The molecule has 0 radical (unpaired) electrons. The lowest BCUT2D eigenvalue weighted by Gasteiger charge is -2.28. The molecule has 19 heavy (non-hydrogen) atoms. The Morgan fingerprint density at radius 3 is 1.63 bits per heavy atom. The molecule has 0 rings (SSSR count). The quantitative estimate of drug-likeness (QED) is 0.480. The average molecular weight is 326 g/mol. The molecule has 1 unspecified atom stereocenters. The van der Waals surface area contributed by atoms with Crippen LogP contribution in [-0.4, -0.2) is 32.4 Å². The molecular formula is C6H3F9O3S. The Kier molecular flexibility index (Phi) is 4.72. The molecule has 114 valence electrons. The maximum atomic E-state index is 12.6. The Hall–Kier alpha value is -0.820. The summed E-state index contributed by atoms with van der Waals surface area (Å²) < 4.78 is 130. The molecule has 0 saturated heterocycles. The van der Waals surface area contributed by atoms with Crippen molar-refractivity contribution in [2.24, 2.45) is 0 Å². The molecule has 1 N–H and O–H groups in total. The SMILES string of the molecule is C=C(C(F)(F)F)C(F)(F)OC(F)(F)C(F)(F)S(=O)O. The molecule has 13 heteroatoms. The fourth-order valence-corrected chi connectivity index (χ4v) is 0.794. The normalized spacial score (nSPS) is 16.3. The first-order valence-electron chi connectivity index (χ1n) is 3.77. The third-order valence-electron chi connectivity index (χ3n) is 1.51. The van der Waals surface area contributed by atoms with Crippen molar-refractivity contribution in [2.45, 2.75) is 23.6 Å². The molecule has 0 aromatic rings. The monoisotopic (exact) mass is 326 g/mol. The third kappa shape index (κ3) is 3.82. The van der Waals surface area contributed by atoms with Crippen molar-refractivity contribution >= 4 is 11.1 Å². The van der Waals surface area contributed by atoms with Crippen LogP contribution in [0.1, 0.15) is 0 Å². The minimum atomic E-state index is -6.34. The van der Waals surface area contributed by atoms with Crippen molar-refractivity contribution in [2.75, 3.05) is 0 Å². The summed E-state index contributed by atoms with van der Waals surface area (Å²) in [6, 6.07) is 0. The summed E-state index contributed by atoms with van der Waals surface area (Å²) in [5.74, 6) is 0. The standard InChI is InChI=1S/C6H3F9O3S/c1-2(3(7,8)9)4(10,11)18-5(12,13)6(14,15)19(16)17/h1H2,(H,16,17). The Morgan fingerprint density at radius 1 is 1.00 bits per heavy atom. The number of halogens is 9. The summed E-state index contributed by atoms with van der Waals surface area (Å²) in [5, 5.41) is -6.05. The van der Waals surface area contributed by atoms with Gasteiger partial charge in [-0.1, -0.05) is 6.58 Å². The van der Waals surface area contributed by atoms with Gasteiger partial charge in [0.05, 0.1) is 0 Å². The Balaban J connectivity index is 5.34. The van der Waals surface area contributed by atoms with Crippen LogP contribution in [-0.2, 0) is 15.8 Å². The first-order valence-corrected chi connectivity index (χ1v) is 4.87. The lowest BCUT2D eigenvalue weighted by molar-refractivity contribution is -0.407. The zero-order valence-corrected chi connectivity index (χ0v) is 9.10. The van der Waals surface area contributed by atoms with Gasteiger partial charge in [-0.3, -0.25) is 0 Å². The fourth-order valence-electron chi connectivity index (χ4n) is 0.549. The van der Waals surface area contributed by atoms with Crippen molar-refractivity contribution in [1.29, 1.82) is 0 Å². The van der Waals surface area contributed by atoms with Crippen molar-refractivity contribution in [1.82, 2.24) is 0 Å². The van der Waals surface area contributed by atoms with E-state index < -0.39 is 40.3 Å². The lowest BCUT2D eigenvalue weighted by atomic mass is 10.3. The largest absolute Gasteiger partial charge is 0.439 e. The molecule has 0 aromatic heterocycles. The Bertz CT molecular complexity index is 388. The van der Waals surface area contributed by atoms with Gasteiger partial charge in [-0.25, -0.2) is 8.95 Å². The van der Waals surface area contributed by atoms with Gasteiger partial charge < -0.3 is 4.55 Å². The number of hydrogen-bond acceptors (Lipinski definition) is 2. The highest BCUT2D eigenvalue weighted by Crippen LogP contribution is 2.45. The van der Waals surface area contributed by atoms with Gasteiger partial charge in [0.2, 0.25) is 11.1 Å². The predicted molar refractivity (Wildman–Crippen MR) is 41.9 cm³/mol. The van der Waals surface area contributed by atoms with Gasteiger partial charge >= 0.3 is 23.6 Å². The van der Waals surface area contributed by atoms with E-state index in [1.807, 2.05) is 0 Å². The van der Waals surface area contributed by atoms with Crippen LogP contribution in [0.2, 0.25) is 0 Å². The van der Waals surface area contributed by atoms with E-state index in [0.29, 0.717) is 0 Å². The molecule has 1 atom stereocenters. The van der Waals surface area contributed by atoms with Crippen molar-refractivity contribution < 1.29 is 53.0 Å². The second kappa shape index (κ2) is 4.94. The number of hydrogen-bond donors (Lipinski definition) is 1. The van der Waals surface area contributed by atoms with Gasteiger partial charge in [-0.05, 0) is 0 Å². The molecule has 0 amide bonds. The zero-order valence-electron chi connectivity index (χ0n) is 8.28. The van der Waals surface area contributed by atoms with Crippen LogP contribution in [0.4, 0.5) is 39.5 Å². The van der Waals surface area contributed by atoms with Gasteiger partial charge in [-0.2, -0.15) is 39.5 Å². The van der Waals surface area contributed by atoms with Gasteiger partial charge in [0.1, 0.15) is 5.57 Å². The molecule has 0 aliphatic carbocycles. The lowest BCUT2D eigenvalue weighted by Crippen LogP contribution is -2.50. The smallest absolute Gasteiger partial charge is 0.301 e. The molecule has 0 aliphatic rings. The summed E-state index contributed by atoms with van der Waals surface area (Å²) in [6.45, 7) is 1.69. The van der Waals surface area contributed by atoms with Gasteiger partial charge in [-0.15, -0.1) is 0 Å². The molecule has 0 spiro atoms. The molecule has 0 bridgehead atoms. The maximum Gasteiger partial charge on any atom is 0.439 e. The van der Waals surface area contributed by atoms with Crippen molar-refractivity contribution in [3.8, 4) is 0 Å². The van der Waals surface area contributed by atoms with E-state index in [0.717, 1.165) is 0 Å². The Morgan fingerprint density at radius 2 is 1.37 bits per heavy atom. The first-order chi connectivity index (χ1) is 8.06. The second-order valence-electron chi connectivity index (χ2n) is 2.88. The van der Waals surface area contributed by atoms with Gasteiger partial charge in [0.15, 0.2) is 0 Å². The molecule has 3 nitrogen and oxygen atoms in total. The van der Waals surface area contributed by atoms with Crippen LogP contribution in [0.3, 0.4) is 0 Å². The molecule has 0 aromatic carbocycles. The third-order valence-corrected chi connectivity index (χ3v) is 2.18. The summed E-state index contributed by atoms with van der Waals surface area (Å²) in [6.07, 6.45) is -18.2.